The highest BCUT2D eigenvalue weighted by Gasteiger charge is 2.21. The van der Waals surface area contributed by atoms with Gasteiger partial charge in [-0.15, -0.1) is 0 Å². The molecular weight excluding hydrogens is 737 g/mol. The summed E-state index contributed by atoms with van der Waals surface area (Å²) in [4.78, 5) is 37.6. The summed E-state index contributed by atoms with van der Waals surface area (Å²) in [6.07, 6.45) is 43.4. The first kappa shape index (κ1) is 55.5. The van der Waals surface area contributed by atoms with Crippen LogP contribution in [0.2, 0.25) is 0 Å². The van der Waals surface area contributed by atoms with E-state index in [4.69, 9.17) is 18.5 Å². The average Bonchev–Trinajstić information content (AvgIpc) is 3.16. The summed E-state index contributed by atoms with van der Waals surface area (Å²) in [6.45, 7) is 4.22. The van der Waals surface area contributed by atoms with Crippen molar-refractivity contribution in [2.24, 2.45) is 0 Å². The fourth-order valence-electron chi connectivity index (χ4n) is 6.47. The lowest BCUT2D eigenvalue weighted by Crippen LogP contribution is -2.37. The number of allylic oxidation sites excluding steroid dienone is 4. The molecule has 0 saturated heterocycles. The summed E-state index contributed by atoms with van der Waals surface area (Å²) in [6, 6.07) is 0. The number of hydrogen-bond acceptors (Lipinski definition) is 8. The smallest absolute Gasteiger partial charge is 0.306 e. The van der Waals surface area contributed by atoms with Gasteiger partial charge in [0.15, 0.2) is 6.10 Å². The Labute approximate surface area is 351 Å². The van der Waals surface area contributed by atoms with Crippen LogP contribution in [0.3, 0.4) is 0 Å². The molecule has 0 N–H and O–H groups in total. The second-order valence-corrected chi connectivity index (χ2v) is 18.5. The summed E-state index contributed by atoms with van der Waals surface area (Å²) in [7, 11) is 1.16. The lowest BCUT2D eigenvalue weighted by molar-refractivity contribution is -0.870. The molecule has 336 valence electrons. The van der Waals surface area contributed by atoms with E-state index in [0.717, 1.165) is 64.2 Å². The molecule has 0 spiro atoms. The van der Waals surface area contributed by atoms with Crippen molar-refractivity contribution in [2.75, 3.05) is 47.5 Å². The van der Waals surface area contributed by atoms with Gasteiger partial charge >= 0.3 is 11.9 Å². The minimum atomic E-state index is -4.63. The molecule has 2 unspecified atom stereocenters. The Bertz CT molecular complexity index is 1030. The number of hydrogen-bond donors (Lipinski definition) is 0. The van der Waals surface area contributed by atoms with Crippen LogP contribution < -0.4 is 4.89 Å². The molecule has 10 heteroatoms. The Morgan fingerprint density at radius 3 is 1.30 bits per heavy atom. The molecule has 0 bridgehead atoms. The lowest BCUT2D eigenvalue weighted by Gasteiger charge is -2.28. The predicted octanol–water partition coefficient (Wildman–Crippen LogP) is 12.9. The Morgan fingerprint density at radius 2 is 0.895 bits per heavy atom. The summed E-state index contributed by atoms with van der Waals surface area (Å²) in [5.74, 6) is -0.843. The number of esters is 2. The van der Waals surface area contributed by atoms with Crippen molar-refractivity contribution in [1.82, 2.24) is 0 Å². The van der Waals surface area contributed by atoms with Gasteiger partial charge in [0.2, 0.25) is 0 Å². The first-order chi connectivity index (χ1) is 27.5. The molecule has 0 saturated carbocycles. The second-order valence-electron chi connectivity index (χ2n) is 17.1. The Morgan fingerprint density at radius 1 is 0.526 bits per heavy atom. The molecule has 0 rings (SSSR count). The minimum absolute atomic E-state index is 0.0317. The van der Waals surface area contributed by atoms with Crippen LogP contribution in [0.1, 0.15) is 213 Å². The lowest BCUT2D eigenvalue weighted by atomic mass is 10.1. The molecule has 0 aliphatic carbocycles. The molecule has 0 fully saturated rings. The molecule has 0 aliphatic rings. The number of phosphoric ester groups is 1. The van der Waals surface area contributed by atoms with Crippen LogP contribution in [-0.2, 0) is 32.7 Å². The van der Waals surface area contributed by atoms with E-state index >= 15 is 0 Å². The van der Waals surface area contributed by atoms with Gasteiger partial charge < -0.3 is 27.9 Å². The van der Waals surface area contributed by atoms with Crippen molar-refractivity contribution in [3.05, 3.63) is 24.3 Å². The molecule has 0 aromatic rings. The number of ether oxygens (including phenoxy) is 2. The van der Waals surface area contributed by atoms with Crippen molar-refractivity contribution in [3.8, 4) is 0 Å². The van der Waals surface area contributed by atoms with Crippen molar-refractivity contribution in [3.63, 3.8) is 0 Å². The van der Waals surface area contributed by atoms with Gasteiger partial charge in [0.25, 0.3) is 7.82 Å². The number of nitrogens with zero attached hydrogens (tertiary/aromatic N) is 1. The van der Waals surface area contributed by atoms with Crippen LogP contribution in [0, 0.1) is 0 Å². The maximum absolute atomic E-state index is 12.7. The number of rotatable bonds is 43. The first-order valence-electron chi connectivity index (χ1n) is 23.5. The number of unbranched alkanes of at least 4 members (excludes halogenated alkanes) is 25. The summed E-state index contributed by atoms with van der Waals surface area (Å²) < 4.78 is 33.9. The number of carbonyl (C=O) groups excluding carboxylic acids is 2. The summed E-state index contributed by atoms with van der Waals surface area (Å²) >= 11 is 0. The topological polar surface area (TPSA) is 111 Å². The first-order valence-corrected chi connectivity index (χ1v) is 25.0. The van der Waals surface area contributed by atoms with Gasteiger partial charge in [0, 0.05) is 12.8 Å². The van der Waals surface area contributed by atoms with Gasteiger partial charge in [-0.05, 0) is 64.2 Å². The highest BCUT2D eigenvalue weighted by Crippen LogP contribution is 2.38. The normalized spacial score (nSPS) is 13.7. The zero-order chi connectivity index (χ0) is 42.1. The van der Waals surface area contributed by atoms with E-state index in [2.05, 4.69) is 38.2 Å². The van der Waals surface area contributed by atoms with E-state index in [0.29, 0.717) is 17.4 Å². The van der Waals surface area contributed by atoms with Crippen LogP contribution in [0.4, 0.5) is 0 Å². The zero-order valence-corrected chi connectivity index (χ0v) is 38.7. The molecular formula is C47H90NO8P. The third-order valence-corrected chi connectivity index (χ3v) is 11.2. The monoisotopic (exact) mass is 828 g/mol. The molecule has 0 amide bonds. The van der Waals surface area contributed by atoms with Gasteiger partial charge in [-0.1, -0.05) is 160 Å². The maximum atomic E-state index is 12.7. The van der Waals surface area contributed by atoms with Gasteiger partial charge in [-0.25, -0.2) is 0 Å². The van der Waals surface area contributed by atoms with E-state index in [9.17, 15) is 19.0 Å². The number of phosphoric acid groups is 1. The van der Waals surface area contributed by atoms with Crippen LogP contribution in [0.5, 0.6) is 0 Å². The summed E-state index contributed by atoms with van der Waals surface area (Å²) in [5.41, 5.74) is 0. The third-order valence-electron chi connectivity index (χ3n) is 10.2. The predicted molar refractivity (Wildman–Crippen MR) is 236 cm³/mol. The van der Waals surface area contributed by atoms with Gasteiger partial charge in [-0.2, -0.15) is 0 Å². The molecule has 0 aliphatic heterocycles. The van der Waals surface area contributed by atoms with E-state index < -0.39 is 32.5 Å². The fraction of sp³-hybridized carbons (Fsp3) is 0.872. The Hall–Kier alpha value is -1.51. The molecule has 0 radical (unpaired) electrons. The average molecular weight is 828 g/mol. The van der Waals surface area contributed by atoms with E-state index in [1.54, 1.807) is 0 Å². The van der Waals surface area contributed by atoms with Crippen LogP contribution in [-0.4, -0.2) is 70.0 Å². The SMILES string of the molecule is CCCCCCCC/C=C\CCCCCCCCCC(=O)OC(COC(=O)CCCCCCC/C=C\CCCCCCCCC)COP(=O)([O-])OCC[N+](C)(C)C. The second kappa shape index (κ2) is 39.9. The molecule has 0 aromatic heterocycles. The highest BCUT2D eigenvalue weighted by atomic mass is 31.2. The van der Waals surface area contributed by atoms with Crippen molar-refractivity contribution in [2.45, 2.75) is 219 Å². The third kappa shape index (κ3) is 43.9. The molecule has 0 aromatic carbocycles. The van der Waals surface area contributed by atoms with Crippen LogP contribution in [0.25, 0.3) is 0 Å². The van der Waals surface area contributed by atoms with Crippen molar-refractivity contribution in [1.29, 1.82) is 0 Å². The maximum Gasteiger partial charge on any atom is 0.306 e. The molecule has 0 heterocycles. The fourth-order valence-corrected chi connectivity index (χ4v) is 7.20. The van der Waals surface area contributed by atoms with Crippen LogP contribution >= 0.6 is 7.82 Å². The van der Waals surface area contributed by atoms with Crippen LogP contribution in [0.15, 0.2) is 24.3 Å². The standard InChI is InChI=1S/C47H90NO8P/c1-6-8-10-12-14-16-18-20-22-24-26-28-30-32-34-36-38-40-47(50)56-45(44-55-57(51,52)54-42-41-48(3,4)5)43-53-46(49)39-37-35-33-31-29-27-25-23-21-19-17-15-13-11-9-7-2/h20,22-23,25,45H,6-19,21,24,26-44H2,1-5H3/b22-20-,25-23-. The van der Waals surface area contributed by atoms with Gasteiger partial charge in [0.05, 0.1) is 27.7 Å². The van der Waals surface area contributed by atoms with Crippen molar-refractivity contribution < 1.29 is 42.1 Å². The Kier molecular flexibility index (Phi) is 38.9. The van der Waals surface area contributed by atoms with Gasteiger partial charge in [0.1, 0.15) is 19.8 Å². The number of likely N-dealkylation sites (N-methyl/N-ethyl adjacent to an activating group) is 1. The summed E-state index contributed by atoms with van der Waals surface area (Å²) in [5, 5.41) is 0. The van der Waals surface area contributed by atoms with Crippen molar-refractivity contribution >= 4 is 19.8 Å². The molecule has 2 atom stereocenters. The number of quaternary nitrogens is 1. The Balaban J connectivity index is 4.33. The van der Waals surface area contributed by atoms with E-state index in [1.807, 2.05) is 21.1 Å². The van der Waals surface area contributed by atoms with E-state index in [-0.39, 0.29) is 26.1 Å². The minimum Gasteiger partial charge on any atom is -0.756 e. The van der Waals surface area contributed by atoms with E-state index in [1.165, 1.54) is 116 Å². The highest BCUT2D eigenvalue weighted by molar-refractivity contribution is 7.45. The largest absolute Gasteiger partial charge is 0.756 e. The molecule has 9 nitrogen and oxygen atoms in total. The zero-order valence-electron chi connectivity index (χ0n) is 37.8. The van der Waals surface area contributed by atoms with Gasteiger partial charge in [-0.3, -0.25) is 14.2 Å². The molecule has 57 heavy (non-hydrogen) atoms. The number of carbonyl (C=O) groups is 2. The quantitative estimate of drug-likeness (QED) is 0.0196.